The first-order chi connectivity index (χ1) is 13.2. The first-order valence-corrected chi connectivity index (χ1v) is 9.27. The van der Waals surface area contributed by atoms with Crippen LogP contribution >= 0.6 is 0 Å². The van der Waals surface area contributed by atoms with Gasteiger partial charge in [0.1, 0.15) is 24.7 Å². The molecule has 2 atom stereocenters. The summed E-state index contributed by atoms with van der Waals surface area (Å²) >= 11 is 0. The van der Waals surface area contributed by atoms with E-state index in [-0.39, 0.29) is 12.6 Å². The summed E-state index contributed by atoms with van der Waals surface area (Å²) in [5.74, 6) is 1.75. The molecule has 140 valence electrons. The Hall–Kier alpha value is -2.56. The van der Waals surface area contributed by atoms with Gasteiger partial charge in [-0.15, -0.1) is 13.2 Å². The van der Waals surface area contributed by atoms with Crippen LogP contribution in [0.3, 0.4) is 0 Å². The SMILES string of the molecule is C=CCc1cc(Cc2ccc(OC3CO3)c(CC=C)c2)ccc1OC1CO1. The van der Waals surface area contributed by atoms with Gasteiger partial charge in [0.2, 0.25) is 12.6 Å². The normalized spacial score (nSPS) is 20.0. The zero-order valence-corrected chi connectivity index (χ0v) is 15.4. The zero-order chi connectivity index (χ0) is 18.6. The molecule has 27 heavy (non-hydrogen) atoms. The largest absolute Gasteiger partial charge is 0.462 e. The van der Waals surface area contributed by atoms with Crippen LogP contribution in [-0.4, -0.2) is 25.8 Å². The summed E-state index contributed by atoms with van der Waals surface area (Å²) in [5.41, 5.74) is 4.74. The van der Waals surface area contributed by atoms with Crippen molar-refractivity contribution in [3.05, 3.63) is 84.0 Å². The van der Waals surface area contributed by atoms with E-state index in [1.165, 1.54) is 11.1 Å². The number of hydrogen-bond acceptors (Lipinski definition) is 4. The molecule has 4 nitrogen and oxygen atoms in total. The van der Waals surface area contributed by atoms with Crippen molar-refractivity contribution >= 4 is 0 Å². The Morgan fingerprint density at radius 3 is 1.63 bits per heavy atom. The zero-order valence-electron chi connectivity index (χ0n) is 15.4. The number of allylic oxidation sites excluding steroid dienone is 2. The van der Waals surface area contributed by atoms with Gasteiger partial charge in [-0.1, -0.05) is 36.4 Å². The molecule has 2 heterocycles. The van der Waals surface area contributed by atoms with E-state index in [0.29, 0.717) is 13.2 Å². The molecular weight excluding hydrogens is 340 g/mol. The van der Waals surface area contributed by atoms with Gasteiger partial charge in [-0.25, -0.2) is 0 Å². The summed E-state index contributed by atoms with van der Waals surface area (Å²) in [4.78, 5) is 0. The molecule has 0 aromatic heterocycles. The Kier molecular flexibility index (Phi) is 5.28. The smallest absolute Gasteiger partial charge is 0.223 e. The molecule has 0 spiro atoms. The molecule has 2 aromatic rings. The van der Waals surface area contributed by atoms with Crippen molar-refractivity contribution in [1.82, 2.24) is 0 Å². The number of rotatable bonds is 10. The monoisotopic (exact) mass is 364 g/mol. The maximum atomic E-state index is 5.81. The molecular formula is C23H24O4. The van der Waals surface area contributed by atoms with Crippen molar-refractivity contribution < 1.29 is 18.9 Å². The second-order valence-electron chi connectivity index (χ2n) is 6.81. The van der Waals surface area contributed by atoms with E-state index in [2.05, 4.69) is 37.4 Å². The van der Waals surface area contributed by atoms with Crippen molar-refractivity contribution in [1.29, 1.82) is 0 Å². The summed E-state index contributed by atoms with van der Waals surface area (Å²) < 4.78 is 22.0. The van der Waals surface area contributed by atoms with Gasteiger partial charge in [-0.2, -0.15) is 0 Å². The molecule has 4 heteroatoms. The van der Waals surface area contributed by atoms with E-state index in [9.17, 15) is 0 Å². The summed E-state index contributed by atoms with van der Waals surface area (Å²) in [6.45, 7) is 9.05. The van der Waals surface area contributed by atoms with Crippen LogP contribution in [0.4, 0.5) is 0 Å². The van der Waals surface area contributed by atoms with Crippen LogP contribution in [0.1, 0.15) is 22.3 Å². The van der Waals surface area contributed by atoms with Gasteiger partial charge in [0.25, 0.3) is 0 Å². The summed E-state index contributed by atoms with van der Waals surface area (Å²) in [7, 11) is 0. The van der Waals surface area contributed by atoms with E-state index < -0.39 is 0 Å². The molecule has 4 rings (SSSR count). The second-order valence-corrected chi connectivity index (χ2v) is 6.81. The standard InChI is InChI=1S/C23H24O4/c1-3-5-18-12-16(7-9-20(18)26-22-14-24-22)11-17-8-10-21(27-23-15-25-23)19(13-17)6-4-2/h3-4,7-10,12-13,22-23H,1-2,5-6,11,14-15H2. The molecule has 0 amide bonds. The van der Waals surface area contributed by atoms with Crippen LogP contribution < -0.4 is 9.47 Å². The molecule has 0 radical (unpaired) electrons. The third-order valence-electron chi connectivity index (χ3n) is 4.51. The van der Waals surface area contributed by atoms with Crippen LogP contribution in [0.2, 0.25) is 0 Å². The highest BCUT2D eigenvalue weighted by Gasteiger charge is 2.26. The van der Waals surface area contributed by atoms with Crippen molar-refractivity contribution in [3.8, 4) is 11.5 Å². The first-order valence-electron chi connectivity index (χ1n) is 9.27. The average Bonchev–Trinajstić information content (AvgIpc) is 3.56. The molecule has 0 saturated carbocycles. The lowest BCUT2D eigenvalue weighted by Crippen LogP contribution is -2.03. The molecule has 2 fully saturated rings. The second kappa shape index (κ2) is 7.99. The van der Waals surface area contributed by atoms with Crippen LogP contribution in [0.5, 0.6) is 11.5 Å². The number of hydrogen-bond donors (Lipinski definition) is 0. The molecule has 2 aromatic carbocycles. The Morgan fingerprint density at radius 2 is 1.26 bits per heavy atom. The highest BCUT2D eigenvalue weighted by molar-refractivity contribution is 5.43. The molecule has 0 bridgehead atoms. The molecule has 2 aliphatic heterocycles. The van der Waals surface area contributed by atoms with Gasteiger partial charge in [0, 0.05) is 0 Å². The van der Waals surface area contributed by atoms with Gasteiger partial charge in [-0.05, 0) is 53.6 Å². The van der Waals surface area contributed by atoms with E-state index in [1.807, 2.05) is 24.3 Å². The van der Waals surface area contributed by atoms with Gasteiger partial charge >= 0.3 is 0 Å². The lowest BCUT2D eigenvalue weighted by molar-refractivity contribution is 0.177. The first kappa shape index (κ1) is 17.8. The predicted octanol–water partition coefficient (Wildman–Crippen LogP) is 4.20. The van der Waals surface area contributed by atoms with Gasteiger partial charge in [0.05, 0.1) is 0 Å². The van der Waals surface area contributed by atoms with Crippen LogP contribution in [-0.2, 0) is 28.7 Å². The Bertz CT molecular complexity index is 765. The molecule has 0 aliphatic carbocycles. The van der Waals surface area contributed by atoms with Crippen LogP contribution in [0.15, 0.2) is 61.7 Å². The summed E-state index contributed by atoms with van der Waals surface area (Å²) in [6, 6.07) is 12.7. The fourth-order valence-corrected chi connectivity index (χ4v) is 3.08. The minimum Gasteiger partial charge on any atom is -0.462 e. The van der Waals surface area contributed by atoms with Crippen molar-refractivity contribution in [2.75, 3.05) is 13.2 Å². The minimum absolute atomic E-state index is 0.0936. The van der Waals surface area contributed by atoms with Gasteiger partial charge in [-0.3, -0.25) is 0 Å². The Morgan fingerprint density at radius 1 is 0.815 bits per heavy atom. The molecule has 0 N–H and O–H groups in total. The Labute approximate surface area is 160 Å². The fraction of sp³-hybridized carbons (Fsp3) is 0.304. The Balaban J connectivity index is 1.53. The molecule has 2 saturated heterocycles. The maximum Gasteiger partial charge on any atom is 0.223 e. The number of benzene rings is 2. The van der Waals surface area contributed by atoms with Gasteiger partial charge in [0.15, 0.2) is 0 Å². The molecule has 2 unspecified atom stereocenters. The van der Waals surface area contributed by atoms with Crippen LogP contribution in [0.25, 0.3) is 0 Å². The highest BCUT2D eigenvalue weighted by atomic mass is 16.8. The summed E-state index contributed by atoms with van der Waals surface area (Å²) in [6.07, 6.45) is 5.99. The van der Waals surface area contributed by atoms with Gasteiger partial charge < -0.3 is 18.9 Å². The third-order valence-corrected chi connectivity index (χ3v) is 4.51. The fourth-order valence-electron chi connectivity index (χ4n) is 3.08. The summed E-state index contributed by atoms with van der Waals surface area (Å²) in [5, 5.41) is 0. The van der Waals surface area contributed by atoms with Crippen molar-refractivity contribution in [2.24, 2.45) is 0 Å². The molecule has 2 aliphatic rings. The number of ether oxygens (including phenoxy) is 4. The maximum absolute atomic E-state index is 5.81. The third kappa shape index (κ3) is 4.79. The van der Waals surface area contributed by atoms with Crippen molar-refractivity contribution in [2.45, 2.75) is 31.8 Å². The number of epoxide rings is 2. The van der Waals surface area contributed by atoms with Crippen LogP contribution in [0, 0.1) is 0 Å². The van der Waals surface area contributed by atoms with Crippen molar-refractivity contribution in [3.63, 3.8) is 0 Å². The van der Waals surface area contributed by atoms with E-state index in [1.54, 1.807) is 0 Å². The lowest BCUT2D eigenvalue weighted by atomic mass is 9.98. The average molecular weight is 364 g/mol. The quantitative estimate of drug-likeness (QED) is 0.468. The van der Waals surface area contributed by atoms with E-state index in [4.69, 9.17) is 18.9 Å². The minimum atomic E-state index is -0.0936. The lowest BCUT2D eigenvalue weighted by Gasteiger charge is -2.13. The highest BCUT2D eigenvalue weighted by Crippen LogP contribution is 2.29. The van der Waals surface area contributed by atoms with E-state index in [0.717, 1.165) is 41.9 Å². The van der Waals surface area contributed by atoms with E-state index >= 15 is 0 Å². The predicted molar refractivity (Wildman–Crippen MR) is 104 cm³/mol. The topological polar surface area (TPSA) is 43.5 Å².